The van der Waals surface area contributed by atoms with Gasteiger partial charge in [0, 0.05) is 23.3 Å². The molecule has 0 saturated carbocycles. The number of pyridine rings is 2. The summed E-state index contributed by atoms with van der Waals surface area (Å²) in [6.45, 7) is 2.04. The van der Waals surface area contributed by atoms with Gasteiger partial charge in [-0.15, -0.1) is 0 Å². The van der Waals surface area contributed by atoms with Crippen molar-refractivity contribution in [1.29, 1.82) is 0 Å². The molecular formula is C15H13N3. The highest BCUT2D eigenvalue weighted by Crippen LogP contribution is 2.29. The van der Waals surface area contributed by atoms with Crippen molar-refractivity contribution in [2.24, 2.45) is 0 Å². The second-order valence-electron chi connectivity index (χ2n) is 4.30. The Morgan fingerprint density at radius 1 is 1.00 bits per heavy atom. The Morgan fingerprint density at radius 2 is 1.89 bits per heavy atom. The lowest BCUT2D eigenvalue weighted by atomic mass is 10.0. The maximum absolute atomic E-state index is 5.97. The normalized spacial score (nSPS) is 10.7. The van der Waals surface area contributed by atoms with E-state index < -0.39 is 0 Å². The van der Waals surface area contributed by atoms with Crippen LogP contribution in [0.15, 0.2) is 48.8 Å². The van der Waals surface area contributed by atoms with Crippen LogP contribution < -0.4 is 5.73 Å². The smallest absolute Gasteiger partial charge is 0.131 e. The van der Waals surface area contributed by atoms with Crippen LogP contribution in [-0.4, -0.2) is 9.97 Å². The first-order chi connectivity index (χ1) is 8.75. The van der Waals surface area contributed by atoms with Gasteiger partial charge in [0.2, 0.25) is 0 Å². The highest BCUT2D eigenvalue weighted by molar-refractivity contribution is 5.87. The van der Waals surface area contributed by atoms with Crippen LogP contribution in [0.25, 0.3) is 22.0 Å². The van der Waals surface area contributed by atoms with Gasteiger partial charge in [0.25, 0.3) is 0 Å². The molecule has 0 bridgehead atoms. The van der Waals surface area contributed by atoms with Crippen LogP contribution in [0.5, 0.6) is 0 Å². The van der Waals surface area contributed by atoms with E-state index >= 15 is 0 Å². The van der Waals surface area contributed by atoms with Crippen LogP contribution in [0.4, 0.5) is 5.82 Å². The van der Waals surface area contributed by atoms with Crippen LogP contribution in [0, 0.1) is 6.92 Å². The molecule has 0 aliphatic rings. The summed E-state index contributed by atoms with van der Waals surface area (Å²) in [4.78, 5) is 8.52. The van der Waals surface area contributed by atoms with Gasteiger partial charge < -0.3 is 5.73 Å². The first-order valence-corrected chi connectivity index (χ1v) is 5.82. The molecule has 88 valence electrons. The van der Waals surface area contributed by atoms with Crippen LogP contribution in [0.3, 0.4) is 0 Å². The lowest BCUT2D eigenvalue weighted by molar-refractivity contribution is 1.29. The molecule has 0 amide bonds. The first-order valence-electron chi connectivity index (χ1n) is 5.82. The summed E-state index contributed by atoms with van der Waals surface area (Å²) in [6.07, 6.45) is 3.53. The maximum Gasteiger partial charge on any atom is 0.131 e. The number of nitrogen functional groups attached to an aromatic ring is 1. The molecule has 0 atom stereocenters. The number of hydrogen-bond acceptors (Lipinski definition) is 3. The summed E-state index contributed by atoms with van der Waals surface area (Å²) < 4.78 is 0. The van der Waals surface area contributed by atoms with Crippen molar-refractivity contribution in [3.05, 3.63) is 54.4 Å². The second kappa shape index (κ2) is 4.11. The molecule has 0 spiro atoms. The van der Waals surface area contributed by atoms with Gasteiger partial charge in [-0.1, -0.05) is 18.2 Å². The summed E-state index contributed by atoms with van der Waals surface area (Å²) in [5.74, 6) is 0.560. The van der Waals surface area contributed by atoms with Crippen LogP contribution >= 0.6 is 0 Å². The second-order valence-corrected chi connectivity index (χ2v) is 4.30. The van der Waals surface area contributed by atoms with Crippen molar-refractivity contribution in [3.8, 4) is 11.1 Å². The van der Waals surface area contributed by atoms with E-state index in [-0.39, 0.29) is 0 Å². The minimum Gasteiger partial charge on any atom is -0.383 e. The van der Waals surface area contributed by atoms with Gasteiger partial charge in [-0.3, -0.25) is 4.98 Å². The number of anilines is 1. The van der Waals surface area contributed by atoms with E-state index in [1.54, 1.807) is 12.4 Å². The molecule has 2 N–H and O–H groups in total. The van der Waals surface area contributed by atoms with E-state index in [1.807, 2.05) is 25.1 Å². The Labute approximate surface area is 105 Å². The Bertz CT molecular complexity index is 700. The Morgan fingerprint density at radius 3 is 2.72 bits per heavy atom. The van der Waals surface area contributed by atoms with E-state index in [0.29, 0.717) is 5.82 Å². The van der Waals surface area contributed by atoms with Gasteiger partial charge in [-0.25, -0.2) is 4.98 Å². The van der Waals surface area contributed by atoms with E-state index in [4.69, 9.17) is 5.73 Å². The minimum absolute atomic E-state index is 0.560. The highest BCUT2D eigenvalue weighted by atomic mass is 14.8. The van der Waals surface area contributed by atoms with Crippen LogP contribution in [0.2, 0.25) is 0 Å². The Kier molecular flexibility index (Phi) is 2.45. The number of hydrogen-bond donors (Lipinski definition) is 1. The number of fused-ring (bicyclic) bond motifs is 1. The van der Waals surface area contributed by atoms with Crippen molar-refractivity contribution in [2.45, 2.75) is 6.92 Å². The van der Waals surface area contributed by atoms with E-state index in [0.717, 1.165) is 27.6 Å². The lowest BCUT2D eigenvalue weighted by Crippen LogP contribution is -1.96. The molecular weight excluding hydrogens is 222 g/mol. The van der Waals surface area contributed by atoms with Gasteiger partial charge >= 0.3 is 0 Å². The minimum atomic E-state index is 0.560. The topological polar surface area (TPSA) is 51.8 Å². The summed E-state index contributed by atoms with van der Waals surface area (Å²) in [6, 6.07) is 12.1. The zero-order valence-corrected chi connectivity index (χ0v) is 10.1. The predicted molar refractivity (Wildman–Crippen MR) is 74.1 cm³/mol. The molecule has 0 aliphatic heterocycles. The van der Waals surface area contributed by atoms with Crippen LogP contribution in [0.1, 0.15) is 5.56 Å². The van der Waals surface area contributed by atoms with Crippen LogP contribution in [-0.2, 0) is 0 Å². The molecule has 3 aromatic rings. The third-order valence-electron chi connectivity index (χ3n) is 3.08. The quantitative estimate of drug-likeness (QED) is 0.704. The Balaban J connectivity index is 2.26. The van der Waals surface area contributed by atoms with E-state index in [2.05, 4.69) is 28.2 Å². The monoisotopic (exact) mass is 235 g/mol. The van der Waals surface area contributed by atoms with E-state index in [9.17, 15) is 0 Å². The van der Waals surface area contributed by atoms with Crippen molar-refractivity contribution in [1.82, 2.24) is 9.97 Å². The molecule has 18 heavy (non-hydrogen) atoms. The van der Waals surface area contributed by atoms with E-state index in [1.165, 1.54) is 0 Å². The molecule has 1 aromatic carbocycles. The first kappa shape index (κ1) is 10.7. The molecule has 0 saturated heterocycles. The molecule has 2 aromatic heterocycles. The molecule has 0 unspecified atom stereocenters. The molecule has 3 heteroatoms. The van der Waals surface area contributed by atoms with Crippen molar-refractivity contribution >= 4 is 16.7 Å². The fourth-order valence-electron chi connectivity index (χ4n) is 2.18. The summed E-state index contributed by atoms with van der Waals surface area (Å²) in [5.41, 5.74) is 10.1. The number of rotatable bonds is 1. The number of nitrogens with zero attached hydrogens (tertiary/aromatic N) is 2. The predicted octanol–water partition coefficient (Wildman–Crippen LogP) is 3.19. The average Bonchev–Trinajstić information content (AvgIpc) is 2.38. The third kappa shape index (κ3) is 1.70. The fourth-order valence-corrected chi connectivity index (χ4v) is 2.18. The zero-order chi connectivity index (χ0) is 12.5. The zero-order valence-electron chi connectivity index (χ0n) is 10.1. The number of aromatic nitrogens is 2. The Hall–Kier alpha value is -2.42. The molecule has 2 heterocycles. The molecule has 3 nitrogen and oxygen atoms in total. The number of benzene rings is 1. The number of aryl methyl sites for hydroxylation is 1. The standard InChI is InChI=1S/C15H13N3/c1-10-6-8-18-15(16)14(10)12-5-4-11-3-2-7-17-13(11)9-12/h2-9H,1H3,(H2,16,18). The lowest BCUT2D eigenvalue weighted by Gasteiger charge is -2.09. The fraction of sp³-hybridized carbons (Fsp3) is 0.0667. The summed E-state index contributed by atoms with van der Waals surface area (Å²) >= 11 is 0. The van der Waals surface area contributed by atoms with Gasteiger partial charge in [0.15, 0.2) is 0 Å². The summed E-state index contributed by atoms with van der Waals surface area (Å²) in [7, 11) is 0. The molecule has 0 radical (unpaired) electrons. The van der Waals surface area contributed by atoms with Crippen molar-refractivity contribution in [3.63, 3.8) is 0 Å². The maximum atomic E-state index is 5.97. The molecule has 0 aliphatic carbocycles. The number of nitrogens with two attached hydrogens (primary N) is 1. The van der Waals surface area contributed by atoms with Gasteiger partial charge in [-0.05, 0) is 36.2 Å². The highest BCUT2D eigenvalue weighted by Gasteiger charge is 2.07. The van der Waals surface area contributed by atoms with Crippen molar-refractivity contribution < 1.29 is 0 Å². The average molecular weight is 235 g/mol. The van der Waals surface area contributed by atoms with Gasteiger partial charge in [0.1, 0.15) is 5.82 Å². The van der Waals surface area contributed by atoms with Gasteiger partial charge in [-0.2, -0.15) is 0 Å². The third-order valence-corrected chi connectivity index (χ3v) is 3.08. The summed E-state index contributed by atoms with van der Waals surface area (Å²) in [5, 5.41) is 1.13. The molecule has 0 fully saturated rings. The SMILES string of the molecule is Cc1ccnc(N)c1-c1ccc2cccnc2c1. The molecule has 3 rings (SSSR count). The van der Waals surface area contributed by atoms with Crippen molar-refractivity contribution in [2.75, 3.05) is 5.73 Å². The van der Waals surface area contributed by atoms with Gasteiger partial charge in [0.05, 0.1) is 5.52 Å². The largest absolute Gasteiger partial charge is 0.383 e.